The molecule has 1 aromatic rings. The quantitative estimate of drug-likeness (QED) is 0.500. The average Bonchev–Trinajstić information content (AvgIpc) is 2.44. The number of halogens is 3. The van der Waals surface area contributed by atoms with Crippen molar-refractivity contribution in [2.75, 3.05) is 13.1 Å². The molecule has 0 spiro atoms. The monoisotopic (exact) mass is 586 g/mol. The molecule has 0 amide bonds. The normalized spacial score (nSPS) is 13.0. The maximum absolute atomic E-state index is 3.31. The van der Waals surface area contributed by atoms with Gasteiger partial charge in [-0.2, -0.15) is 0 Å². The van der Waals surface area contributed by atoms with Crippen LogP contribution in [0.4, 0.5) is 0 Å². The van der Waals surface area contributed by atoms with E-state index in [0.717, 1.165) is 19.5 Å². The minimum atomic E-state index is 0. The molecular formula is C14H23I3N-. The molecule has 18 heavy (non-hydrogen) atoms. The Balaban J connectivity index is 0. The molecule has 0 unspecified atom stereocenters. The van der Waals surface area contributed by atoms with Crippen LogP contribution in [0, 0.1) is 0 Å². The minimum absolute atomic E-state index is 0. The van der Waals surface area contributed by atoms with Crippen LogP contribution >= 0.6 is 37.2 Å². The third-order valence-electron chi connectivity index (χ3n) is 2.21. The second kappa shape index (κ2) is 16.2. The van der Waals surface area contributed by atoms with Gasteiger partial charge in [0.1, 0.15) is 0 Å². The fourth-order valence-corrected chi connectivity index (χ4v) is 1.54. The van der Waals surface area contributed by atoms with Crippen molar-refractivity contribution in [3.05, 3.63) is 42.0 Å². The number of benzene rings is 1. The van der Waals surface area contributed by atoms with E-state index in [1.54, 1.807) is 0 Å². The molecule has 106 valence electrons. The van der Waals surface area contributed by atoms with Crippen molar-refractivity contribution in [3.8, 4) is 0 Å². The third kappa shape index (κ3) is 9.96. The van der Waals surface area contributed by atoms with E-state index in [4.69, 9.17) is 0 Å². The van der Waals surface area contributed by atoms with Crippen LogP contribution in [0.25, 0.3) is 5.57 Å². The van der Waals surface area contributed by atoms with E-state index < -0.39 is 0 Å². The van der Waals surface area contributed by atoms with Crippen molar-refractivity contribution in [2.45, 2.75) is 27.7 Å². The molecule has 1 nitrogen and oxygen atoms in total. The van der Waals surface area contributed by atoms with Crippen molar-refractivity contribution in [1.29, 1.82) is 0 Å². The van der Waals surface area contributed by atoms with Gasteiger partial charge in [0.05, 0.1) is 0 Å². The van der Waals surface area contributed by atoms with Gasteiger partial charge in [0.15, 0.2) is 0 Å². The number of hydrogen-bond acceptors (Lipinski definition) is 1. The van der Waals surface area contributed by atoms with Gasteiger partial charge in [-0.05, 0) is 24.1 Å². The molecular weight excluding hydrogens is 563 g/mol. The molecule has 2 rings (SSSR count). The maximum atomic E-state index is 3.31. The zero-order valence-corrected chi connectivity index (χ0v) is 16.7. The van der Waals surface area contributed by atoms with E-state index in [1.807, 2.05) is 13.8 Å². The first-order chi connectivity index (χ1) is 8.38. The van der Waals surface area contributed by atoms with Crippen molar-refractivity contribution < 1.29 is 13.3 Å². The SMILES string of the molecule is C.C1=C(c2ccccc2)CCNC1.CC.I[I-]I. The molecule has 4 heteroatoms. The Morgan fingerprint density at radius 2 is 1.67 bits per heavy atom. The molecule has 1 aliphatic rings. The fourth-order valence-electron chi connectivity index (χ4n) is 1.54. The Kier molecular flexibility index (Phi) is 19.2. The Bertz CT molecular complexity index is 299. The van der Waals surface area contributed by atoms with Gasteiger partial charge in [0.2, 0.25) is 0 Å². The topological polar surface area (TPSA) is 12.0 Å². The van der Waals surface area contributed by atoms with Gasteiger partial charge < -0.3 is 5.32 Å². The van der Waals surface area contributed by atoms with E-state index in [1.165, 1.54) is 11.1 Å². The summed E-state index contributed by atoms with van der Waals surface area (Å²) in [6, 6.07) is 10.6. The average molecular weight is 586 g/mol. The van der Waals surface area contributed by atoms with Crippen LogP contribution in [-0.4, -0.2) is 13.1 Å². The van der Waals surface area contributed by atoms with Crippen molar-refractivity contribution in [2.24, 2.45) is 0 Å². The summed E-state index contributed by atoms with van der Waals surface area (Å²) in [5.74, 6) is 0. The van der Waals surface area contributed by atoms with Gasteiger partial charge in [-0.25, -0.2) is 0 Å². The van der Waals surface area contributed by atoms with Crippen LogP contribution < -0.4 is 18.6 Å². The number of rotatable bonds is 1. The predicted octanol–water partition coefficient (Wildman–Crippen LogP) is 2.50. The van der Waals surface area contributed by atoms with E-state index in [-0.39, 0.29) is 7.43 Å². The Morgan fingerprint density at radius 1 is 1.11 bits per heavy atom. The second-order valence-corrected chi connectivity index (χ2v) is 19.3. The number of hydrogen-bond donors (Lipinski definition) is 1. The van der Waals surface area contributed by atoms with Crippen LogP contribution in [0.1, 0.15) is 33.3 Å². The third-order valence-corrected chi connectivity index (χ3v) is 2.21. The van der Waals surface area contributed by atoms with E-state index >= 15 is 0 Å². The molecule has 1 aromatic carbocycles. The summed E-state index contributed by atoms with van der Waals surface area (Å²) in [5.41, 5.74) is 2.85. The first kappa shape index (κ1) is 21.4. The van der Waals surface area contributed by atoms with Crippen molar-refractivity contribution in [3.63, 3.8) is 0 Å². The molecule has 0 bridgehead atoms. The summed E-state index contributed by atoms with van der Waals surface area (Å²) in [6.07, 6.45) is 3.43. The second-order valence-electron chi connectivity index (χ2n) is 3.10. The van der Waals surface area contributed by atoms with Gasteiger partial charge >= 0.3 is 50.5 Å². The fraction of sp³-hybridized carbons (Fsp3) is 0.429. The Morgan fingerprint density at radius 3 is 2.11 bits per heavy atom. The summed E-state index contributed by atoms with van der Waals surface area (Å²) in [4.78, 5) is 0. The molecule has 1 N–H and O–H groups in total. The van der Waals surface area contributed by atoms with E-state index in [9.17, 15) is 0 Å². The van der Waals surface area contributed by atoms with Crippen LogP contribution in [0.5, 0.6) is 0 Å². The Hall–Kier alpha value is 1.11. The molecule has 0 atom stereocenters. The van der Waals surface area contributed by atoms with Crippen molar-refractivity contribution >= 4 is 42.8 Å². The first-order valence-corrected chi connectivity index (χ1v) is 18.3. The summed E-state index contributed by atoms with van der Waals surface area (Å²) in [6.45, 7) is 6.13. The molecule has 0 fully saturated rings. The van der Waals surface area contributed by atoms with Gasteiger partial charge in [-0.15, -0.1) is 0 Å². The first-order valence-electron chi connectivity index (χ1n) is 5.70. The van der Waals surface area contributed by atoms with Crippen LogP contribution in [0.2, 0.25) is 0 Å². The Labute approximate surface area is 142 Å². The van der Waals surface area contributed by atoms with Gasteiger partial charge in [-0.3, -0.25) is 0 Å². The molecule has 0 saturated carbocycles. The van der Waals surface area contributed by atoms with Crippen LogP contribution in [-0.2, 0) is 0 Å². The van der Waals surface area contributed by atoms with Crippen LogP contribution in [0.3, 0.4) is 0 Å². The van der Waals surface area contributed by atoms with Gasteiger partial charge in [0, 0.05) is 6.54 Å². The molecule has 1 aliphatic heterocycles. The van der Waals surface area contributed by atoms with E-state index in [0.29, 0.717) is 13.3 Å². The molecule has 0 saturated heterocycles. The molecule has 0 aliphatic carbocycles. The standard InChI is InChI=1S/C11H13N.C2H6.CH4.I3/c1-2-4-10(5-3-1)11-6-8-12-9-7-11;1-2;;1-3-2/h1-6,12H,7-9H2;1-2H3;1H4;/q;;;-1. The zero-order valence-electron chi connectivity index (χ0n) is 10.2. The van der Waals surface area contributed by atoms with Gasteiger partial charge in [0.25, 0.3) is 0 Å². The molecule has 0 aromatic heterocycles. The summed E-state index contributed by atoms with van der Waals surface area (Å²) < 4.78 is 0. The van der Waals surface area contributed by atoms with Crippen LogP contribution in [0.15, 0.2) is 36.4 Å². The zero-order chi connectivity index (χ0) is 12.9. The van der Waals surface area contributed by atoms with Crippen molar-refractivity contribution in [1.82, 2.24) is 5.32 Å². The summed E-state index contributed by atoms with van der Waals surface area (Å²) >= 11 is 5.30. The summed E-state index contributed by atoms with van der Waals surface area (Å²) in [5, 5.41) is 3.31. The summed E-state index contributed by atoms with van der Waals surface area (Å²) in [7, 11) is 0. The molecule has 0 radical (unpaired) electrons. The number of nitrogens with one attached hydrogen (secondary N) is 1. The predicted molar refractivity (Wildman–Crippen MR) is 98.0 cm³/mol. The van der Waals surface area contributed by atoms with E-state index in [2.05, 4.69) is 79.0 Å². The molecule has 1 heterocycles. The van der Waals surface area contributed by atoms with Gasteiger partial charge in [-0.1, -0.05) is 57.7 Å².